The van der Waals surface area contributed by atoms with Crippen molar-refractivity contribution in [1.29, 1.82) is 0 Å². The van der Waals surface area contributed by atoms with Gasteiger partial charge in [0.25, 0.3) is 0 Å². The van der Waals surface area contributed by atoms with Crippen LogP contribution in [0.3, 0.4) is 0 Å². The summed E-state index contributed by atoms with van der Waals surface area (Å²) in [5, 5.41) is 3.51. The summed E-state index contributed by atoms with van der Waals surface area (Å²) >= 11 is 0. The van der Waals surface area contributed by atoms with Gasteiger partial charge < -0.3 is 9.13 Å². The van der Waals surface area contributed by atoms with Crippen molar-refractivity contribution in [3.8, 4) is 22.6 Å². The highest BCUT2D eigenvalue weighted by Crippen LogP contribution is 2.34. The van der Waals surface area contributed by atoms with E-state index in [2.05, 4.69) is 153 Å². The average molecular weight is 643 g/mol. The van der Waals surface area contributed by atoms with Gasteiger partial charge in [-0.3, -0.25) is 15.0 Å². The molecule has 0 N–H and O–H groups in total. The molecule has 236 valence electrons. The van der Waals surface area contributed by atoms with Gasteiger partial charge in [0.05, 0.1) is 50.4 Å². The number of para-hydroxylation sites is 2. The summed E-state index contributed by atoms with van der Waals surface area (Å²) in [4.78, 5) is 19.3. The fourth-order valence-corrected chi connectivity index (χ4v) is 7.43. The second kappa shape index (κ2) is 11.5. The molecule has 0 atom stereocenters. The van der Waals surface area contributed by atoms with Crippen LogP contribution >= 0.6 is 0 Å². The normalized spacial score (nSPS) is 13.3. The predicted octanol–water partition coefficient (Wildman–Crippen LogP) is 10.4. The third kappa shape index (κ3) is 4.57. The van der Waals surface area contributed by atoms with E-state index >= 15 is 0 Å². The quantitative estimate of drug-likeness (QED) is 0.188. The van der Waals surface area contributed by atoms with Crippen LogP contribution in [-0.2, 0) is 0 Å². The molecular weight excluding hydrogens is 613 g/mol. The molecule has 6 nitrogen and oxygen atoms in total. The number of hydrogen-bond acceptors (Lipinski definition) is 4. The van der Waals surface area contributed by atoms with E-state index in [1.807, 2.05) is 24.7 Å². The van der Waals surface area contributed by atoms with Gasteiger partial charge >= 0.3 is 0 Å². The monoisotopic (exact) mass is 642 g/mol. The van der Waals surface area contributed by atoms with Crippen LogP contribution in [0.4, 0.5) is 0 Å². The van der Waals surface area contributed by atoms with Crippen molar-refractivity contribution in [1.82, 2.24) is 24.1 Å². The van der Waals surface area contributed by atoms with E-state index < -0.39 is 0 Å². The highest BCUT2D eigenvalue weighted by atomic mass is 15.0. The molecular formula is C44H30N6. The molecule has 0 saturated carbocycles. The second-order valence-corrected chi connectivity index (χ2v) is 12.7. The number of pyridine rings is 3. The molecule has 0 amide bonds. The van der Waals surface area contributed by atoms with Gasteiger partial charge in [-0.2, -0.15) is 0 Å². The van der Waals surface area contributed by atoms with Crippen molar-refractivity contribution < 1.29 is 0 Å². The van der Waals surface area contributed by atoms with Crippen LogP contribution in [0.5, 0.6) is 0 Å². The van der Waals surface area contributed by atoms with E-state index in [1.165, 1.54) is 10.9 Å². The molecule has 0 fully saturated rings. The van der Waals surface area contributed by atoms with E-state index in [-0.39, 0.29) is 0 Å². The van der Waals surface area contributed by atoms with Gasteiger partial charge in [0.15, 0.2) is 0 Å². The topological polar surface area (TPSA) is 60.9 Å². The Balaban J connectivity index is 0.947. The van der Waals surface area contributed by atoms with Crippen LogP contribution in [-0.4, -0.2) is 29.8 Å². The maximum absolute atomic E-state index is 5.15. The van der Waals surface area contributed by atoms with E-state index in [0.717, 1.165) is 91.0 Å². The van der Waals surface area contributed by atoms with E-state index in [4.69, 9.17) is 9.98 Å². The number of aliphatic imine (C=N–C) groups is 1. The Bertz CT molecular complexity index is 2690. The minimum absolute atomic E-state index is 0.855. The van der Waals surface area contributed by atoms with Crippen LogP contribution in [0, 0.1) is 0 Å². The SMILES string of the molecule is C1=C(c2ccc(-n3c4ccccc4c4ncccc43)cc2)N=C(c2cccc(-c3ccc(-n4c5ccccc5c5cnccc54)cc3)n2)CC1. The molecule has 1 aliphatic rings. The van der Waals surface area contributed by atoms with E-state index in [0.29, 0.717) is 0 Å². The van der Waals surface area contributed by atoms with Gasteiger partial charge in [0.1, 0.15) is 0 Å². The van der Waals surface area contributed by atoms with Crippen molar-refractivity contribution in [2.75, 3.05) is 0 Å². The minimum atomic E-state index is 0.855. The van der Waals surface area contributed by atoms with Gasteiger partial charge in [-0.1, -0.05) is 72.8 Å². The Hall–Kier alpha value is -6.66. The predicted molar refractivity (Wildman–Crippen MR) is 204 cm³/mol. The molecule has 5 aromatic heterocycles. The third-order valence-corrected chi connectivity index (χ3v) is 9.76. The van der Waals surface area contributed by atoms with Gasteiger partial charge in [-0.05, 0) is 85.1 Å². The van der Waals surface area contributed by atoms with Crippen molar-refractivity contribution in [3.05, 3.63) is 169 Å². The average Bonchev–Trinajstić information content (AvgIpc) is 3.71. The zero-order valence-corrected chi connectivity index (χ0v) is 27.1. The summed E-state index contributed by atoms with van der Waals surface area (Å²) in [5.74, 6) is 0. The number of allylic oxidation sites excluding steroid dienone is 1. The van der Waals surface area contributed by atoms with E-state index in [1.54, 1.807) is 0 Å². The Morgan fingerprint density at radius 3 is 1.98 bits per heavy atom. The molecule has 0 radical (unpaired) electrons. The number of aromatic nitrogens is 5. The number of nitrogens with zero attached hydrogens (tertiary/aromatic N) is 6. The van der Waals surface area contributed by atoms with Gasteiger partial charge in [0.2, 0.25) is 0 Å². The van der Waals surface area contributed by atoms with Crippen LogP contribution < -0.4 is 0 Å². The molecule has 0 bridgehead atoms. The second-order valence-electron chi connectivity index (χ2n) is 12.7. The lowest BCUT2D eigenvalue weighted by molar-refractivity contribution is 1.05. The number of rotatable bonds is 5. The Labute approximate surface area is 288 Å². The smallest absolute Gasteiger partial charge is 0.0963 e. The first-order valence-corrected chi connectivity index (χ1v) is 16.9. The summed E-state index contributed by atoms with van der Waals surface area (Å²) in [5.41, 5.74) is 13.8. The maximum Gasteiger partial charge on any atom is 0.0963 e. The molecule has 50 heavy (non-hydrogen) atoms. The summed E-state index contributed by atoms with van der Waals surface area (Å²) in [7, 11) is 0. The number of hydrogen-bond donors (Lipinski definition) is 0. The highest BCUT2D eigenvalue weighted by molar-refractivity contribution is 6.09. The summed E-state index contributed by atoms with van der Waals surface area (Å²) in [6, 6.07) is 46.8. The molecule has 0 unspecified atom stereocenters. The van der Waals surface area contributed by atoms with Gasteiger partial charge in [0, 0.05) is 51.7 Å². The number of fused-ring (bicyclic) bond motifs is 6. The summed E-state index contributed by atoms with van der Waals surface area (Å²) < 4.78 is 4.59. The minimum Gasteiger partial charge on any atom is -0.309 e. The Morgan fingerprint density at radius 2 is 1.16 bits per heavy atom. The molecule has 9 aromatic rings. The molecule has 10 rings (SSSR count). The largest absolute Gasteiger partial charge is 0.309 e. The lowest BCUT2D eigenvalue weighted by Gasteiger charge is -2.15. The molecule has 0 spiro atoms. The molecule has 0 aliphatic carbocycles. The lowest BCUT2D eigenvalue weighted by atomic mass is 10.0. The molecule has 6 heterocycles. The van der Waals surface area contributed by atoms with Crippen LogP contribution in [0.2, 0.25) is 0 Å². The van der Waals surface area contributed by atoms with Crippen molar-refractivity contribution in [2.24, 2.45) is 4.99 Å². The first kappa shape index (κ1) is 28.4. The zero-order chi connectivity index (χ0) is 33.0. The number of benzene rings is 4. The van der Waals surface area contributed by atoms with Crippen LogP contribution in [0.15, 0.2) is 163 Å². The molecule has 4 aromatic carbocycles. The molecule has 0 saturated heterocycles. The van der Waals surface area contributed by atoms with E-state index in [9.17, 15) is 0 Å². The summed E-state index contributed by atoms with van der Waals surface area (Å²) in [6.07, 6.45) is 9.68. The van der Waals surface area contributed by atoms with Gasteiger partial charge in [-0.25, -0.2) is 4.98 Å². The Morgan fingerprint density at radius 1 is 0.500 bits per heavy atom. The maximum atomic E-state index is 5.15. The highest BCUT2D eigenvalue weighted by Gasteiger charge is 2.16. The van der Waals surface area contributed by atoms with Crippen LogP contribution in [0.25, 0.3) is 72.1 Å². The third-order valence-electron chi connectivity index (χ3n) is 9.76. The van der Waals surface area contributed by atoms with Crippen molar-refractivity contribution in [3.63, 3.8) is 0 Å². The molecule has 6 heteroatoms. The lowest BCUT2D eigenvalue weighted by Crippen LogP contribution is -2.08. The first-order chi connectivity index (χ1) is 24.8. The summed E-state index contributed by atoms with van der Waals surface area (Å²) in [6.45, 7) is 0. The fraction of sp³-hybridized carbons (Fsp3) is 0.0455. The van der Waals surface area contributed by atoms with Crippen molar-refractivity contribution in [2.45, 2.75) is 12.8 Å². The van der Waals surface area contributed by atoms with Crippen LogP contribution in [0.1, 0.15) is 24.1 Å². The van der Waals surface area contributed by atoms with Gasteiger partial charge in [-0.15, -0.1) is 0 Å². The van der Waals surface area contributed by atoms with Crippen molar-refractivity contribution >= 4 is 55.2 Å². The standard InChI is InChI=1S/C44H30N6/c1-3-14-40-33(8-1)35-28-45-27-25-42(35)49(40)31-21-17-29(18-22-31)36-10-5-12-38(47-36)39-13-6-11-37(48-39)30-19-23-32(24-20-30)50-41-15-4-2-9-34(41)44-43(50)16-7-26-46-44/h1-5,7-12,14-28H,6,13H2. The fourth-order valence-electron chi connectivity index (χ4n) is 7.43. The first-order valence-electron chi connectivity index (χ1n) is 16.9. The Kier molecular flexibility index (Phi) is 6.52. The molecule has 1 aliphatic heterocycles. The zero-order valence-electron chi connectivity index (χ0n) is 27.1.